The number of allylic oxidation sites excluding steroid dienone is 16. The molecule has 0 aliphatic heterocycles. The summed E-state index contributed by atoms with van der Waals surface area (Å²) >= 11 is 0. The molecule has 0 aromatic rings. The summed E-state index contributed by atoms with van der Waals surface area (Å²) in [5.74, 6) is -1.86. The van der Waals surface area contributed by atoms with Crippen LogP contribution in [0.2, 0.25) is 0 Å². The smallest absolute Gasteiger partial charge is 0.306 e. The number of carboxylic acids is 1. The molecule has 0 spiro atoms. The number of aliphatic carboxylic acids is 1. The van der Waals surface area contributed by atoms with Crippen molar-refractivity contribution in [2.45, 2.75) is 180 Å². The lowest BCUT2D eigenvalue weighted by molar-refractivity contribution is -0.889. The van der Waals surface area contributed by atoms with Crippen LogP contribution in [0.5, 0.6) is 0 Å². The maximum absolute atomic E-state index is 12.7. The van der Waals surface area contributed by atoms with Crippen LogP contribution in [0, 0.1) is 0 Å². The van der Waals surface area contributed by atoms with Crippen LogP contribution in [0.3, 0.4) is 0 Å². The van der Waals surface area contributed by atoms with Crippen LogP contribution in [-0.2, 0) is 28.6 Å². The molecular weight excluding hydrogens is 763 g/mol. The Morgan fingerprint density at radius 2 is 0.951 bits per heavy atom. The van der Waals surface area contributed by atoms with Crippen molar-refractivity contribution in [2.75, 3.05) is 41.0 Å². The number of carbonyl (C=O) groups excluding carboxylic acids is 3. The van der Waals surface area contributed by atoms with Gasteiger partial charge < -0.3 is 28.6 Å². The van der Waals surface area contributed by atoms with Gasteiger partial charge in [0.05, 0.1) is 40.3 Å². The minimum atomic E-state index is -1.14. The first-order valence-electron chi connectivity index (χ1n) is 23.8. The van der Waals surface area contributed by atoms with Gasteiger partial charge in [-0.2, -0.15) is 0 Å². The summed E-state index contributed by atoms with van der Waals surface area (Å²) in [6.45, 7) is 4.43. The standard InChI is InChI=1S/C53H87NO7/c1-6-8-10-12-14-16-18-20-22-24-26-28-30-32-34-36-38-40-42-44-52(56)61-49(47-59-46-45-50(53(57)58)54(3,4)5)48-60-51(55)43-41-39-37-35-33-31-29-27-25-23-21-19-17-15-13-11-9-7-2/h8,10,14,16-17,19-20,22-23,25-26,28,32,34,38,40,49-50H,6-7,9,11-13,15,18,21,24,27,29-31,33,35-37,39,41-48H2,1-5H3/b10-8-,16-14-,19-17-,22-20-,25-23-,28-26-,34-32-,40-38-. The number of hydrogen-bond donors (Lipinski definition) is 0. The van der Waals surface area contributed by atoms with Crippen molar-refractivity contribution in [3.63, 3.8) is 0 Å². The van der Waals surface area contributed by atoms with Crippen molar-refractivity contribution in [3.8, 4) is 0 Å². The van der Waals surface area contributed by atoms with E-state index in [1.165, 1.54) is 57.8 Å². The highest BCUT2D eigenvalue weighted by molar-refractivity contribution is 5.70. The molecule has 0 bridgehead atoms. The fourth-order valence-corrected chi connectivity index (χ4v) is 6.30. The highest BCUT2D eigenvalue weighted by Crippen LogP contribution is 2.12. The lowest BCUT2D eigenvalue weighted by Crippen LogP contribution is -2.55. The highest BCUT2D eigenvalue weighted by atomic mass is 16.6. The van der Waals surface area contributed by atoms with Crippen molar-refractivity contribution < 1.29 is 38.2 Å². The first-order chi connectivity index (χ1) is 29.6. The van der Waals surface area contributed by atoms with Crippen LogP contribution in [0.15, 0.2) is 97.2 Å². The number of nitrogens with zero attached hydrogens (tertiary/aromatic N) is 1. The molecule has 346 valence electrons. The van der Waals surface area contributed by atoms with Crippen molar-refractivity contribution in [3.05, 3.63) is 97.2 Å². The summed E-state index contributed by atoms with van der Waals surface area (Å²) in [5.41, 5.74) is 0. The van der Waals surface area contributed by atoms with Crippen molar-refractivity contribution in [2.24, 2.45) is 0 Å². The minimum Gasteiger partial charge on any atom is -0.544 e. The summed E-state index contributed by atoms with van der Waals surface area (Å²) in [5, 5.41) is 11.6. The largest absolute Gasteiger partial charge is 0.544 e. The molecule has 0 saturated heterocycles. The van der Waals surface area contributed by atoms with Gasteiger partial charge in [-0.3, -0.25) is 9.59 Å². The van der Waals surface area contributed by atoms with Gasteiger partial charge in [0.1, 0.15) is 12.6 Å². The van der Waals surface area contributed by atoms with E-state index in [-0.39, 0.29) is 43.1 Å². The molecule has 0 fully saturated rings. The first kappa shape index (κ1) is 57.2. The number of hydrogen-bond acceptors (Lipinski definition) is 7. The number of likely N-dealkylation sites (N-methyl/N-ethyl adjacent to an activating group) is 1. The number of rotatable bonds is 41. The van der Waals surface area contributed by atoms with Crippen LogP contribution in [0.25, 0.3) is 0 Å². The first-order valence-corrected chi connectivity index (χ1v) is 23.8. The Balaban J connectivity index is 4.46. The van der Waals surface area contributed by atoms with Crippen LogP contribution >= 0.6 is 0 Å². The summed E-state index contributed by atoms with van der Waals surface area (Å²) in [6.07, 6.45) is 57.3. The summed E-state index contributed by atoms with van der Waals surface area (Å²) in [4.78, 5) is 36.9. The second-order valence-corrected chi connectivity index (χ2v) is 16.6. The van der Waals surface area contributed by atoms with Crippen LogP contribution in [-0.4, -0.2) is 75.5 Å². The van der Waals surface area contributed by atoms with Gasteiger partial charge in [0.15, 0.2) is 6.10 Å². The Morgan fingerprint density at radius 3 is 1.43 bits per heavy atom. The van der Waals surface area contributed by atoms with Gasteiger partial charge in [-0.1, -0.05) is 162 Å². The highest BCUT2D eigenvalue weighted by Gasteiger charge is 2.25. The molecule has 0 saturated carbocycles. The average molecular weight is 850 g/mol. The molecule has 0 radical (unpaired) electrons. The van der Waals surface area contributed by atoms with Crippen molar-refractivity contribution in [1.29, 1.82) is 0 Å². The van der Waals surface area contributed by atoms with Gasteiger partial charge in [-0.25, -0.2) is 0 Å². The fraction of sp³-hybridized carbons (Fsp3) is 0.642. The van der Waals surface area contributed by atoms with E-state index in [0.717, 1.165) is 70.6 Å². The zero-order chi connectivity index (χ0) is 44.9. The SMILES string of the molecule is CC/C=C\C/C=C\C/C=C\C/C=C\C/C=C\C/C=C\CCC(=O)OC(COCCC(C(=O)[O-])[N+](C)(C)C)COC(=O)CCCCCCCCC/C=C\C/C=C\CCCCCC. The second kappa shape index (κ2) is 42.9. The number of carboxylic acid groups (broad SMARTS) is 1. The predicted octanol–water partition coefficient (Wildman–Crippen LogP) is 12.1. The Hall–Kier alpha value is -3.75. The molecule has 2 atom stereocenters. The van der Waals surface area contributed by atoms with Gasteiger partial charge in [-0.15, -0.1) is 0 Å². The molecule has 0 rings (SSSR count). The predicted molar refractivity (Wildman–Crippen MR) is 254 cm³/mol. The fourth-order valence-electron chi connectivity index (χ4n) is 6.30. The minimum absolute atomic E-state index is 0.00186. The molecule has 61 heavy (non-hydrogen) atoms. The summed E-state index contributed by atoms with van der Waals surface area (Å²) in [7, 11) is 5.37. The van der Waals surface area contributed by atoms with E-state index < -0.39 is 24.1 Å². The van der Waals surface area contributed by atoms with E-state index in [1.807, 2.05) is 12.2 Å². The number of esters is 2. The molecule has 8 nitrogen and oxygen atoms in total. The van der Waals surface area contributed by atoms with Crippen molar-refractivity contribution in [1.82, 2.24) is 0 Å². The van der Waals surface area contributed by atoms with Gasteiger partial charge in [0.25, 0.3) is 0 Å². The third-order valence-corrected chi connectivity index (χ3v) is 9.97. The Bertz CT molecular complexity index is 1310. The van der Waals surface area contributed by atoms with E-state index in [0.29, 0.717) is 12.8 Å². The molecule has 0 aromatic carbocycles. The molecule has 0 amide bonds. The molecule has 0 aliphatic carbocycles. The number of unbranched alkanes of at least 4 members (excludes halogenated alkanes) is 11. The monoisotopic (exact) mass is 850 g/mol. The lowest BCUT2D eigenvalue weighted by Gasteiger charge is -2.34. The zero-order valence-corrected chi connectivity index (χ0v) is 39.3. The van der Waals surface area contributed by atoms with Gasteiger partial charge in [0, 0.05) is 19.3 Å². The number of carbonyl (C=O) groups is 3. The zero-order valence-electron chi connectivity index (χ0n) is 39.3. The molecule has 0 heterocycles. The van der Waals surface area contributed by atoms with Gasteiger partial charge in [-0.05, 0) is 83.5 Å². The summed E-state index contributed by atoms with van der Waals surface area (Å²) < 4.78 is 17.1. The quantitative estimate of drug-likeness (QED) is 0.0261. The molecule has 0 N–H and O–H groups in total. The molecule has 8 heteroatoms. The third kappa shape index (κ3) is 41.4. The molecule has 2 unspecified atom stereocenters. The van der Waals surface area contributed by atoms with E-state index in [4.69, 9.17) is 14.2 Å². The van der Waals surface area contributed by atoms with E-state index in [9.17, 15) is 19.5 Å². The molecule has 0 aliphatic rings. The average Bonchev–Trinajstić information content (AvgIpc) is 3.22. The Morgan fingerprint density at radius 1 is 0.508 bits per heavy atom. The second-order valence-electron chi connectivity index (χ2n) is 16.6. The maximum atomic E-state index is 12.7. The summed E-state index contributed by atoms with van der Waals surface area (Å²) in [6, 6.07) is -0.746. The van der Waals surface area contributed by atoms with E-state index >= 15 is 0 Å². The van der Waals surface area contributed by atoms with Gasteiger partial charge >= 0.3 is 11.9 Å². The molecular formula is C53H87NO7. The molecule has 0 aromatic heterocycles. The van der Waals surface area contributed by atoms with Gasteiger partial charge in [0.2, 0.25) is 0 Å². The number of quaternary nitrogens is 1. The Labute approximate surface area is 373 Å². The van der Waals surface area contributed by atoms with E-state index in [1.54, 1.807) is 21.1 Å². The van der Waals surface area contributed by atoms with Crippen LogP contribution in [0.4, 0.5) is 0 Å². The van der Waals surface area contributed by atoms with E-state index in [2.05, 4.69) is 98.9 Å². The Kier molecular flexibility index (Phi) is 40.3. The topological polar surface area (TPSA) is 102 Å². The normalized spacial score (nSPS) is 13.8. The lowest BCUT2D eigenvalue weighted by atomic mass is 10.1. The van der Waals surface area contributed by atoms with Crippen LogP contribution < -0.4 is 5.11 Å². The van der Waals surface area contributed by atoms with Crippen LogP contribution in [0.1, 0.15) is 168 Å². The maximum Gasteiger partial charge on any atom is 0.306 e. The third-order valence-electron chi connectivity index (χ3n) is 9.97. The number of ether oxygens (including phenoxy) is 3. The van der Waals surface area contributed by atoms with Crippen molar-refractivity contribution >= 4 is 17.9 Å².